The first-order chi connectivity index (χ1) is 11.5. The van der Waals surface area contributed by atoms with Gasteiger partial charge >= 0.3 is 0 Å². The Balaban J connectivity index is 1.72. The Morgan fingerprint density at radius 3 is 2.96 bits per heavy atom. The van der Waals surface area contributed by atoms with E-state index in [1.165, 1.54) is 0 Å². The summed E-state index contributed by atoms with van der Waals surface area (Å²) in [6.07, 6.45) is 5.16. The van der Waals surface area contributed by atoms with Crippen LogP contribution in [0.3, 0.4) is 0 Å². The molecule has 128 valence electrons. The van der Waals surface area contributed by atoms with Gasteiger partial charge in [-0.1, -0.05) is 6.07 Å². The van der Waals surface area contributed by atoms with Crippen LogP contribution < -0.4 is 5.32 Å². The number of likely N-dealkylation sites (tertiary alicyclic amines) is 1. The van der Waals surface area contributed by atoms with Gasteiger partial charge in [-0.2, -0.15) is 5.10 Å². The van der Waals surface area contributed by atoms with Crippen LogP contribution in [0.5, 0.6) is 0 Å². The fraction of sp³-hybridized carbons (Fsp3) is 0.444. The summed E-state index contributed by atoms with van der Waals surface area (Å²) in [7, 11) is 1.86. The minimum absolute atomic E-state index is 0.0233. The summed E-state index contributed by atoms with van der Waals surface area (Å²) < 4.78 is 1.72. The van der Waals surface area contributed by atoms with Gasteiger partial charge in [-0.3, -0.25) is 9.48 Å². The molecule has 1 fully saturated rings. The Hall–Kier alpha value is -2.34. The number of anilines is 2. The van der Waals surface area contributed by atoms with Crippen molar-refractivity contribution in [2.24, 2.45) is 13.0 Å². The summed E-state index contributed by atoms with van der Waals surface area (Å²) in [5.74, 6) is 0.189. The molecular weight excluding hydrogens is 304 g/mol. The molecule has 1 aliphatic rings. The highest BCUT2D eigenvalue weighted by molar-refractivity contribution is 5.95. The van der Waals surface area contributed by atoms with E-state index in [1.54, 1.807) is 17.8 Å². The van der Waals surface area contributed by atoms with Gasteiger partial charge in [0.1, 0.15) is 0 Å². The highest BCUT2D eigenvalue weighted by Gasteiger charge is 2.27. The first-order valence-electron chi connectivity index (χ1n) is 8.36. The maximum Gasteiger partial charge on any atom is 0.253 e. The smallest absolute Gasteiger partial charge is 0.253 e. The van der Waals surface area contributed by atoms with E-state index in [9.17, 15) is 9.90 Å². The fourth-order valence-electron chi connectivity index (χ4n) is 3.15. The third kappa shape index (κ3) is 3.76. The average molecular weight is 328 g/mol. The van der Waals surface area contributed by atoms with Crippen LogP contribution in [0.15, 0.2) is 36.7 Å². The first kappa shape index (κ1) is 16.5. The number of benzene rings is 1. The lowest BCUT2D eigenvalue weighted by atomic mass is 9.93. The number of hydrogen-bond acceptors (Lipinski definition) is 4. The number of aryl methyl sites for hydroxylation is 1. The Bertz CT molecular complexity index is 711. The van der Waals surface area contributed by atoms with Gasteiger partial charge < -0.3 is 15.3 Å². The zero-order valence-corrected chi connectivity index (χ0v) is 14.1. The molecule has 2 atom stereocenters. The number of carbonyl (C=O) groups is 1. The van der Waals surface area contributed by atoms with Crippen LogP contribution >= 0.6 is 0 Å². The van der Waals surface area contributed by atoms with Crippen LogP contribution in [-0.4, -0.2) is 44.9 Å². The van der Waals surface area contributed by atoms with E-state index in [4.69, 9.17) is 0 Å². The predicted molar refractivity (Wildman–Crippen MR) is 93.2 cm³/mol. The molecule has 2 N–H and O–H groups in total. The molecule has 2 unspecified atom stereocenters. The lowest BCUT2D eigenvalue weighted by molar-refractivity contribution is 0.0466. The van der Waals surface area contributed by atoms with Crippen molar-refractivity contribution in [3.05, 3.63) is 42.2 Å². The first-order valence-corrected chi connectivity index (χ1v) is 8.36. The Morgan fingerprint density at radius 1 is 1.42 bits per heavy atom. The van der Waals surface area contributed by atoms with Crippen molar-refractivity contribution < 1.29 is 9.90 Å². The van der Waals surface area contributed by atoms with E-state index >= 15 is 0 Å². The third-order valence-corrected chi connectivity index (χ3v) is 4.53. The van der Waals surface area contributed by atoms with Crippen LogP contribution in [-0.2, 0) is 7.05 Å². The maximum atomic E-state index is 12.8. The Labute approximate surface area is 142 Å². The fourth-order valence-corrected chi connectivity index (χ4v) is 3.15. The number of hydrogen-bond donors (Lipinski definition) is 2. The monoisotopic (exact) mass is 328 g/mol. The molecule has 0 bridgehead atoms. The molecule has 0 radical (unpaired) electrons. The normalized spacial score (nSPS) is 19.1. The number of nitrogens with zero attached hydrogens (tertiary/aromatic N) is 3. The van der Waals surface area contributed by atoms with Crippen molar-refractivity contribution in [1.29, 1.82) is 0 Å². The van der Waals surface area contributed by atoms with Crippen molar-refractivity contribution in [2.45, 2.75) is 25.9 Å². The number of rotatable bonds is 4. The van der Waals surface area contributed by atoms with E-state index < -0.39 is 0 Å². The summed E-state index contributed by atoms with van der Waals surface area (Å²) >= 11 is 0. The van der Waals surface area contributed by atoms with E-state index in [0.29, 0.717) is 12.1 Å². The van der Waals surface area contributed by atoms with Crippen LogP contribution in [0.1, 0.15) is 30.1 Å². The van der Waals surface area contributed by atoms with E-state index in [2.05, 4.69) is 10.4 Å². The lowest BCUT2D eigenvalue weighted by Gasteiger charge is -2.34. The Morgan fingerprint density at radius 2 is 2.25 bits per heavy atom. The largest absolute Gasteiger partial charge is 0.393 e. The summed E-state index contributed by atoms with van der Waals surface area (Å²) in [5, 5.41) is 17.2. The van der Waals surface area contributed by atoms with Gasteiger partial charge in [0.25, 0.3) is 5.91 Å². The van der Waals surface area contributed by atoms with Gasteiger partial charge in [-0.15, -0.1) is 0 Å². The Kier molecular flexibility index (Phi) is 4.85. The van der Waals surface area contributed by atoms with Crippen molar-refractivity contribution in [2.75, 3.05) is 18.4 Å². The van der Waals surface area contributed by atoms with Crippen LogP contribution in [0.25, 0.3) is 0 Å². The highest BCUT2D eigenvalue weighted by atomic mass is 16.3. The molecule has 1 amide bonds. The molecule has 0 aliphatic carbocycles. The molecule has 1 saturated heterocycles. The van der Waals surface area contributed by atoms with Gasteiger partial charge in [0, 0.05) is 43.5 Å². The third-order valence-electron chi connectivity index (χ3n) is 4.53. The zero-order valence-electron chi connectivity index (χ0n) is 14.1. The molecule has 0 saturated carbocycles. The van der Waals surface area contributed by atoms with E-state index in [0.717, 1.165) is 30.8 Å². The van der Waals surface area contributed by atoms with Crippen molar-refractivity contribution in [3.8, 4) is 0 Å². The second kappa shape index (κ2) is 7.05. The number of aliphatic hydroxyl groups excluding tert-OH is 1. The van der Waals surface area contributed by atoms with Crippen molar-refractivity contribution >= 4 is 17.3 Å². The van der Waals surface area contributed by atoms with Gasteiger partial charge in [0.2, 0.25) is 0 Å². The average Bonchev–Trinajstić information content (AvgIpc) is 2.99. The molecular formula is C18H24N4O2. The van der Waals surface area contributed by atoms with Gasteiger partial charge in [-0.25, -0.2) is 0 Å². The van der Waals surface area contributed by atoms with Gasteiger partial charge in [0.15, 0.2) is 0 Å². The molecule has 2 aromatic rings. The van der Waals surface area contributed by atoms with Gasteiger partial charge in [0.05, 0.1) is 18.0 Å². The number of piperidine rings is 1. The van der Waals surface area contributed by atoms with Crippen molar-refractivity contribution in [1.82, 2.24) is 14.7 Å². The molecule has 24 heavy (non-hydrogen) atoms. The predicted octanol–water partition coefficient (Wildman–Crippen LogP) is 2.40. The standard InChI is InChI=1S/C18H24N4O2/c1-13(23)15-6-4-8-22(11-15)18(24)14-5-3-7-16(9-14)20-17-10-19-21(2)12-17/h3,5,7,9-10,12-13,15,20,23H,4,6,8,11H2,1-2H3. The molecule has 1 aromatic heterocycles. The summed E-state index contributed by atoms with van der Waals surface area (Å²) in [6, 6.07) is 7.50. The zero-order chi connectivity index (χ0) is 17.1. The number of aromatic nitrogens is 2. The molecule has 3 rings (SSSR count). The molecule has 6 heteroatoms. The second-order valence-corrected chi connectivity index (χ2v) is 6.50. The highest BCUT2D eigenvalue weighted by Crippen LogP contribution is 2.23. The van der Waals surface area contributed by atoms with E-state index in [1.807, 2.05) is 42.4 Å². The molecule has 1 aliphatic heterocycles. The van der Waals surface area contributed by atoms with Crippen LogP contribution in [0.4, 0.5) is 11.4 Å². The van der Waals surface area contributed by atoms with E-state index in [-0.39, 0.29) is 17.9 Å². The number of carbonyl (C=O) groups excluding carboxylic acids is 1. The number of nitrogens with one attached hydrogen (secondary N) is 1. The number of aliphatic hydroxyl groups is 1. The topological polar surface area (TPSA) is 70.4 Å². The molecule has 6 nitrogen and oxygen atoms in total. The second-order valence-electron chi connectivity index (χ2n) is 6.50. The summed E-state index contributed by atoms with van der Waals surface area (Å²) in [5.41, 5.74) is 2.40. The lowest BCUT2D eigenvalue weighted by Crippen LogP contribution is -2.42. The molecule has 1 aromatic carbocycles. The van der Waals surface area contributed by atoms with Crippen molar-refractivity contribution in [3.63, 3.8) is 0 Å². The summed E-state index contributed by atoms with van der Waals surface area (Å²) in [6.45, 7) is 3.18. The summed E-state index contributed by atoms with van der Waals surface area (Å²) in [4.78, 5) is 14.6. The van der Waals surface area contributed by atoms with Gasteiger partial charge in [-0.05, 0) is 38.0 Å². The maximum absolute atomic E-state index is 12.8. The minimum Gasteiger partial charge on any atom is -0.393 e. The SMILES string of the molecule is CC(O)C1CCCN(C(=O)c2cccc(Nc3cnn(C)c3)c2)C1. The molecule has 2 heterocycles. The molecule has 0 spiro atoms. The minimum atomic E-state index is -0.376. The van der Waals surface area contributed by atoms with Crippen LogP contribution in [0.2, 0.25) is 0 Å². The quantitative estimate of drug-likeness (QED) is 0.904. The number of amides is 1. The van der Waals surface area contributed by atoms with Crippen LogP contribution in [0, 0.1) is 5.92 Å².